The van der Waals surface area contributed by atoms with Crippen molar-refractivity contribution >= 4 is 0 Å². The van der Waals surface area contributed by atoms with Gasteiger partial charge in [-0.3, -0.25) is 0 Å². The lowest BCUT2D eigenvalue weighted by Crippen LogP contribution is -2.25. The fourth-order valence-electron chi connectivity index (χ4n) is 2.29. The van der Waals surface area contributed by atoms with E-state index in [1.807, 2.05) is 12.1 Å². The Balaban J connectivity index is 2.11. The Kier molecular flexibility index (Phi) is 4.74. The van der Waals surface area contributed by atoms with Crippen molar-refractivity contribution in [3.05, 3.63) is 65.5 Å². The smallest absolute Gasteiger partial charge is 0.123 e. The van der Waals surface area contributed by atoms with Crippen molar-refractivity contribution in [1.82, 2.24) is 5.32 Å². The summed E-state index contributed by atoms with van der Waals surface area (Å²) in [6, 6.07) is 14.0. The van der Waals surface area contributed by atoms with Gasteiger partial charge in [0, 0.05) is 18.2 Å². The highest BCUT2D eigenvalue weighted by molar-refractivity contribution is 5.32. The van der Waals surface area contributed by atoms with E-state index in [0.29, 0.717) is 18.2 Å². The number of aromatic hydroxyl groups is 1. The summed E-state index contributed by atoms with van der Waals surface area (Å²) in [7, 11) is 0. The number of halogens is 1. The van der Waals surface area contributed by atoms with Gasteiger partial charge in [0.2, 0.25) is 0 Å². The van der Waals surface area contributed by atoms with Crippen LogP contribution in [0, 0.1) is 11.7 Å². The van der Waals surface area contributed by atoms with E-state index in [2.05, 4.69) is 19.2 Å². The van der Waals surface area contributed by atoms with E-state index < -0.39 is 0 Å². The Morgan fingerprint density at radius 3 is 2.30 bits per heavy atom. The Hall–Kier alpha value is -1.87. The third-order valence-corrected chi connectivity index (χ3v) is 3.40. The lowest BCUT2D eigenvalue weighted by molar-refractivity contribution is 0.402. The number of para-hydroxylation sites is 1. The maximum Gasteiger partial charge on any atom is 0.123 e. The minimum atomic E-state index is -0.225. The fourth-order valence-corrected chi connectivity index (χ4v) is 2.29. The second kappa shape index (κ2) is 6.53. The standard InChI is InChI=1S/C17H20FNO/c1-12(2)17(13-7-9-15(18)10-8-13)19-11-14-5-3-4-6-16(14)20/h3-10,12,17,19-20H,11H2,1-2H3. The molecule has 2 N–H and O–H groups in total. The van der Waals surface area contributed by atoms with E-state index >= 15 is 0 Å². The van der Waals surface area contributed by atoms with Crippen molar-refractivity contribution in [2.45, 2.75) is 26.4 Å². The molecule has 0 saturated heterocycles. The molecule has 2 aromatic carbocycles. The maximum atomic E-state index is 13.0. The summed E-state index contributed by atoms with van der Waals surface area (Å²) < 4.78 is 13.0. The molecule has 3 heteroatoms. The fraction of sp³-hybridized carbons (Fsp3) is 0.294. The molecule has 2 nitrogen and oxygen atoms in total. The van der Waals surface area contributed by atoms with Crippen LogP contribution in [0.15, 0.2) is 48.5 Å². The minimum Gasteiger partial charge on any atom is -0.508 e. The molecule has 0 fully saturated rings. The topological polar surface area (TPSA) is 32.3 Å². The lowest BCUT2D eigenvalue weighted by atomic mass is 9.95. The number of hydrogen-bond acceptors (Lipinski definition) is 2. The van der Waals surface area contributed by atoms with Gasteiger partial charge in [-0.2, -0.15) is 0 Å². The van der Waals surface area contributed by atoms with Gasteiger partial charge >= 0.3 is 0 Å². The predicted octanol–water partition coefficient (Wildman–Crippen LogP) is 4.02. The first kappa shape index (κ1) is 14.5. The molecule has 1 atom stereocenters. The average molecular weight is 273 g/mol. The van der Waals surface area contributed by atoms with Gasteiger partial charge < -0.3 is 10.4 Å². The highest BCUT2D eigenvalue weighted by atomic mass is 19.1. The van der Waals surface area contributed by atoms with Crippen LogP contribution in [0.2, 0.25) is 0 Å². The van der Waals surface area contributed by atoms with E-state index in [1.165, 1.54) is 12.1 Å². The van der Waals surface area contributed by atoms with Gasteiger partial charge in [0.25, 0.3) is 0 Å². The molecule has 0 saturated carbocycles. The quantitative estimate of drug-likeness (QED) is 0.862. The molecule has 0 aliphatic carbocycles. The molecular weight excluding hydrogens is 253 g/mol. The number of phenols is 1. The summed E-state index contributed by atoms with van der Waals surface area (Å²) in [6.45, 7) is 4.81. The molecule has 0 aliphatic heterocycles. The summed E-state index contributed by atoms with van der Waals surface area (Å²) in [5.41, 5.74) is 1.91. The molecule has 0 aliphatic rings. The predicted molar refractivity (Wildman–Crippen MR) is 78.9 cm³/mol. The second-order valence-electron chi connectivity index (χ2n) is 5.28. The molecule has 0 radical (unpaired) electrons. The normalized spacial score (nSPS) is 12.6. The largest absolute Gasteiger partial charge is 0.508 e. The summed E-state index contributed by atoms with van der Waals surface area (Å²) in [5.74, 6) is 0.435. The highest BCUT2D eigenvalue weighted by Gasteiger charge is 2.15. The van der Waals surface area contributed by atoms with Crippen LogP contribution in [0.3, 0.4) is 0 Å². The van der Waals surface area contributed by atoms with Crippen molar-refractivity contribution in [1.29, 1.82) is 0 Å². The molecular formula is C17H20FNO. The van der Waals surface area contributed by atoms with Gasteiger partial charge in [-0.1, -0.05) is 44.2 Å². The zero-order chi connectivity index (χ0) is 14.5. The van der Waals surface area contributed by atoms with Gasteiger partial charge in [-0.05, 0) is 29.7 Å². The summed E-state index contributed by atoms with van der Waals surface area (Å²) in [4.78, 5) is 0. The van der Waals surface area contributed by atoms with Crippen LogP contribution in [0.4, 0.5) is 4.39 Å². The molecule has 0 amide bonds. The number of hydrogen-bond donors (Lipinski definition) is 2. The van der Waals surface area contributed by atoms with Gasteiger partial charge in [0.05, 0.1) is 0 Å². The molecule has 2 rings (SSSR count). The van der Waals surface area contributed by atoms with E-state index in [-0.39, 0.29) is 11.9 Å². The van der Waals surface area contributed by atoms with Crippen LogP contribution in [-0.4, -0.2) is 5.11 Å². The first-order valence-electron chi connectivity index (χ1n) is 6.83. The summed E-state index contributed by atoms with van der Waals surface area (Å²) >= 11 is 0. The first-order valence-corrected chi connectivity index (χ1v) is 6.83. The maximum absolute atomic E-state index is 13.0. The van der Waals surface area contributed by atoms with E-state index in [4.69, 9.17) is 0 Å². The molecule has 0 bridgehead atoms. The van der Waals surface area contributed by atoms with Crippen molar-refractivity contribution in [2.75, 3.05) is 0 Å². The molecule has 0 heterocycles. The van der Waals surface area contributed by atoms with Gasteiger partial charge in [0.15, 0.2) is 0 Å². The van der Waals surface area contributed by atoms with Crippen molar-refractivity contribution in [3.8, 4) is 5.75 Å². The SMILES string of the molecule is CC(C)C(NCc1ccccc1O)c1ccc(F)cc1. The minimum absolute atomic E-state index is 0.121. The van der Waals surface area contributed by atoms with E-state index in [1.54, 1.807) is 24.3 Å². The zero-order valence-corrected chi connectivity index (χ0v) is 11.8. The van der Waals surface area contributed by atoms with Crippen LogP contribution in [0.1, 0.15) is 31.0 Å². The molecule has 0 spiro atoms. The third-order valence-electron chi connectivity index (χ3n) is 3.40. The molecule has 1 unspecified atom stereocenters. The van der Waals surface area contributed by atoms with Crippen molar-refractivity contribution in [2.24, 2.45) is 5.92 Å². The molecule has 0 aromatic heterocycles. The number of rotatable bonds is 5. The Labute approximate surface area is 119 Å². The summed E-state index contributed by atoms with van der Waals surface area (Å²) in [5, 5.41) is 13.2. The van der Waals surface area contributed by atoms with Gasteiger partial charge in [-0.25, -0.2) is 4.39 Å². The Morgan fingerprint density at radius 1 is 1.05 bits per heavy atom. The van der Waals surface area contributed by atoms with Crippen LogP contribution < -0.4 is 5.32 Å². The van der Waals surface area contributed by atoms with Crippen molar-refractivity contribution in [3.63, 3.8) is 0 Å². The highest BCUT2D eigenvalue weighted by Crippen LogP contribution is 2.24. The Morgan fingerprint density at radius 2 is 1.70 bits per heavy atom. The van der Waals surface area contributed by atoms with Crippen molar-refractivity contribution < 1.29 is 9.50 Å². The van der Waals surface area contributed by atoms with Crippen LogP contribution in [-0.2, 0) is 6.54 Å². The summed E-state index contributed by atoms with van der Waals surface area (Å²) in [6.07, 6.45) is 0. The monoisotopic (exact) mass is 273 g/mol. The van der Waals surface area contributed by atoms with E-state index in [9.17, 15) is 9.50 Å². The second-order valence-corrected chi connectivity index (χ2v) is 5.28. The number of phenolic OH excluding ortho intramolecular Hbond substituents is 1. The number of nitrogens with one attached hydrogen (secondary N) is 1. The Bertz CT molecular complexity index is 551. The molecule has 2 aromatic rings. The zero-order valence-electron chi connectivity index (χ0n) is 11.8. The van der Waals surface area contributed by atoms with Crippen LogP contribution in [0.25, 0.3) is 0 Å². The van der Waals surface area contributed by atoms with Gasteiger partial charge in [-0.15, -0.1) is 0 Å². The van der Waals surface area contributed by atoms with Crippen LogP contribution >= 0.6 is 0 Å². The average Bonchev–Trinajstić information content (AvgIpc) is 2.42. The van der Waals surface area contributed by atoms with Gasteiger partial charge in [0.1, 0.15) is 11.6 Å². The van der Waals surface area contributed by atoms with E-state index in [0.717, 1.165) is 11.1 Å². The molecule has 20 heavy (non-hydrogen) atoms. The lowest BCUT2D eigenvalue weighted by Gasteiger charge is -2.23. The molecule has 106 valence electrons. The van der Waals surface area contributed by atoms with Crippen LogP contribution in [0.5, 0.6) is 5.75 Å². The number of benzene rings is 2. The third kappa shape index (κ3) is 3.58. The first-order chi connectivity index (χ1) is 9.58.